The van der Waals surface area contributed by atoms with Crippen molar-refractivity contribution in [2.75, 3.05) is 26.7 Å². The van der Waals surface area contributed by atoms with Crippen molar-refractivity contribution in [3.8, 4) is 5.75 Å². The average molecular weight is 593 g/mol. The first-order valence-electron chi connectivity index (χ1n) is 14.8. The first-order chi connectivity index (χ1) is 21.5. The molecule has 0 saturated carbocycles. The number of ether oxygens (including phenoxy) is 1. The number of rotatable bonds is 10. The Bertz CT molecular complexity index is 1650. The van der Waals surface area contributed by atoms with Crippen LogP contribution in [-0.2, 0) is 33.8 Å². The highest BCUT2D eigenvalue weighted by atomic mass is 16.5. The number of aromatic nitrogens is 2. The third-order valence-electron chi connectivity index (χ3n) is 8.41. The second-order valence-electron chi connectivity index (χ2n) is 11.2. The molecule has 226 valence electrons. The molecule has 0 unspecified atom stereocenters. The monoisotopic (exact) mass is 592 g/mol. The summed E-state index contributed by atoms with van der Waals surface area (Å²) in [7, 11) is 1.62. The van der Waals surface area contributed by atoms with Crippen molar-refractivity contribution in [1.29, 1.82) is 0 Å². The summed E-state index contributed by atoms with van der Waals surface area (Å²) in [6, 6.07) is 22.5. The van der Waals surface area contributed by atoms with E-state index in [9.17, 15) is 14.4 Å². The number of carbonyl (C=O) groups excluding carboxylic acids is 3. The van der Waals surface area contributed by atoms with Crippen LogP contribution in [0.3, 0.4) is 0 Å². The SMILES string of the molecule is C=CCN1CC(=O)N2[C@@H](Cc3ccccc3)C(=O)N(Cc3cccc4cn[nH]c34)C[C@@H]2N1C(=O)CCc1ccc(OC)cc1. The Balaban J connectivity index is 1.34. The van der Waals surface area contributed by atoms with Crippen molar-refractivity contribution in [3.05, 3.63) is 108 Å². The Hall–Kier alpha value is -4.96. The normalized spacial score (nSPS) is 18.9. The van der Waals surface area contributed by atoms with Gasteiger partial charge in [-0.15, -0.1) is 6.58 Å². The summed E-state index contributed by atoms with van der Waals surface area (Å²) in [5, 5.41) is 11.6. The summed E-state index contributed by atoms with van der Waals surface area (Å²) in [5.74, 6) is 0.316. The number of H-pyrrole nitrogens is 1. The zero-order chi connectivity index (χ0) is 30.6. The van der Waals surface area contributed by atoms with Gasteiger partial charge in [-0.25, -0.2) is 10.0 Å². The summed E-state index contributed by atoms with van der Waals surface area (Å²) < 4.78 is 5.27. The van der Waals surface area contributed by atoms with Crippen molar-refractivity contribution < 1.29 is 19.1 Å². The number of aryl methyl sites for hydroxylation is 1. The number of benzene rings is 3. The summed E-state index contributed by atoms with van der Waals surface area (Å²) >= 11 is 0. The van der Waals surface area contributed by atoms with Gasteiger partial charge in [0.05, 0.1) is 31.9 Å². The van der Waals surface area contributed by atoms with Crippen molar-refractivity contribution in [2.24, 2.45) is 0 Å². The van der Waals surface area contributed by atoms with Crippen LogP contribution in [0.2, 0.25) is 0 Å². The van der Waals surface area contributed by atoms with Crippen LogP contribution in [0.4, 0.5) is 0 Å². The highest BCUT2D eigenvalue weighted by Gasteiger charge is 2.51. The molecule has 10 heteroatoms. The fraction of sp³-hybridized carbons (Fsp3) is 0.294. The number of amides is 3. The van der Waals surface area contributed by atoms with Gasteiger partial charge >= 0.3 is 0 Å². The maximum absolute atomic E-state index is 14.2. The molecule has 44 heavy (non-hydrogen) atoms. The molecule has 0 spiro atoms. The Morgan fingerprint density at radius 2 is 1.84 bits per heavy atom. The van der Waals surface area contributed by atoms with Crippen molar-refractivity contribution >= 4 is 28.6 Å². The van der Waals surface area contributed by atoms with Crippen LogP contribution in [0.5, 0.6) is 5.75 Å². The summed E-state index contributed by atoms with van der Waals surface area (Å²) in [4.78, 5) is 45.5. The van der Waals surface area contributed by atoms with E-state index >= 15 is 0 Å². The number of nitrogens with one attached hydrogen (secondary N) is 1. The molecular weight excluding hydrogens is 556 g/mol. The summed E-state index contributed by atoms with van der Waals surface area (Å²) in [6.07, 6.45) is 3.91. The van der Waals surface area contributed by atoms with Gasteiger partial charge in [-0.2, -0.15) is 5.10 Å². The van der Waals surface area contributed by atoms with Gasteiger partial charge in [0.1, 0.15) is 18.0 Å². The maximum atomic E-state index is 14.2. The van der Waals surface area contributed by atoms with E-state index in [4.69, 9.17) is 4.74 Å². The highest BCUT2D eigenvalue weighted by molar-refractivity contribution is 5.92. The predicted molar refractivity (Wildman–Crippen MR) is 166 cm³/mol. The molecule has 0 aliphatic carbocycles. The average Bonchev–Trinajstić information content (AvgIpc) is 3.53. The highest BCUT2D eigenvalue weighted by Crippen LogP contribution is 2.30. The van der Waals surface area contributed by atoms with Gasteiger partial charge in [0.15, 0.2) is 0 Å². The minimum Gasteiger partial charge on any atom is -0.497 e. The molecular formula is C34H36N6O4. The van der Waals surface area contributed by atoms with Gasteiger partial charge in [0, 0.05) is 31.3 Å². The van der Waals surface area contributed by atoms with Crippen LogP contribution in [-0.4, -0.2) is 86.7 Å². The second kappa shape index (κ2) is 12.7. The first kappa shape index (κ1) is 29.1. The predicted octanol–water partition coefficient (Wildman–Crippen LogP) is 3.56. The maximum Gasteiger partial charge on any atom is 0.246 e. The standard InChI is InChI=1S/C34H36N6O4/c1-3-18-38-23-32(42)39-29(19-25-8-5-4-6-9-25)34(43)37(21-27-11-7-10-26-20-35-36-33(26)27)22-30(39)40(38)31(41)17-14-24-12-15-28(44-2)16-13-24/h3-13,15-16,20,29-30H,1,14,17-19,21-23H2,2H3,(H,35,36)/t29-,30-/m0/s1. The summed E-state index contributed by atoms with van der Waals surface area (Å²) in [5.41, 5.74) is 3.74. The van der Waals surface area contributed by atoms with Crippen molar-refractivity contribution in [1.82, 2.24) is 30.0 Å². The lowest BCUT2D eigenvalue weighted by molar-refractivity contribution is -0.205. The van der Waals surface area contributed by atoms with Crippen molar-refractivity contribution in [3.63, 3.8) is 0 Å². The van der Waals surface area contributed by atoms with Crippen LogP contribution >= 0.6 is 0 Å². The lowest BCUT2D eigenvalue weighted by Gasteiger charge is -2.55. The molecule has 6 rings (SSSR count). The third kappa shape index (κ3) is 5.80. The quantitative estimate of drug-likeness (QED) is 0.283. The number of fused-ring (bicyclic) bond motifs is 2. The largest absolute Gasteiger partial charge is 0.497 e. The number of para-hydroxylation sites is 1. The molecule has 2 fully saturated rings. The van der Waals surface area contributed by atoms with E-state index in [0.717, 1.165) is 33.3 Å². The number of hydrogen-bond acceptors (Lipinski definition) is 6. The van der Waals surface area contributed by atoms with Crippen LogP contribution in [0.25, 0.3) is 10.9 Å². The Kier molecular flexibility index (Phi) is 8.42. The summed E-state index contributed by atoms with van der Waals surface area (Å²) in [6.45, 7) is 4.69. The Morgan fingerprint density at radius 1 is 1.05 bits per heavy atom. The Morgan fingerprint density at radius 3 is 2.59 bits per heavy atom. The van der Waals surface area contributed by atoms with Gasteiger partial charge in [-0.1, -0.05) is 66.7 Å². The number of carbonyl (C=O) groups is 3. The topological polar surface area (TPSA) is 102 Å². The molecule has 2 saturated heterocycles. The molecule has 3 heterocycles. The molecule has 2 aliphatic rings. The number of hydrazine groups is 1. The minimum atomic E-state index is -0.757. The molecule has 10 nitrogen and oxygen atoms in total. The molecule has 2 atom stereocenters. The zero-order valence-corrected chi connectivity index (χ0v) is 24.8. The number of methoxy groups -OCH3 is 1. The van der Waals surface area contributed by atoms with E-state index in [1.165, 1.54) is 0 Å². The third-order valence-corrected chi connectivity index (χ3v) is 8.41. The van der Waals surface area contributed by atoms with Crippen molar-refractivity contribution in [2.45, 2.75) is 38.0 Å². The molecule has 3 aromatic carbocycles. The Labute approximate surface area is 256 Å². The van der Waals surface area contributed by atoms with Crippen LogP contribution < -0.4 is 4.74 Å². The molecule has 4 aromatic rings. The smallest absolute Gasteiger partial charge is 0.246 e. The van der Waals surface area contributed by atoms with Gasteiger partial charge in [-0.3, -0.25) is 19.5 Å². The van der Waals surface area contributed by atoms with Crippen LogP contribution in [0.15, 0.2) is 91.6 Å². The van der Waals surface area contributed by atoms with E-state index < -0.39 is 12.2 Å². The number of nitrogens with zero attached hydrogens (tertiary/aromatic N) is 5. The molecule has 1 aromatic heterocycles. The van der Waals surface area contributed by atoms with Gasteiger partial charge in [0.2, 0.25) is 17.7 Å². The molecule has 2 aliphatic heterocycles. The molecule has 0 bridgehead atoms. The van der Waals surface area contributed by atoms with Crippen LogP contribution in [0.1, 0.15) is 23.1 Å². The zero-order valence-electron chi connectivity index (χ0n) is 24.8. The van der Waals surface area contributed by atoms with Gasteiger partial charge in [0.25, 0.3) is 0 Å². The van der Waals surface area contributed by atoms with E-state index in [1.807, 2.05) is 72.8 Å². The van der Waals surface area contributed by atoms with Crippen LogP contribution in [0, 0.1) is 0 Å². The fourth-order valence-electron chi connectivity index (χ4n) is 6.27. The minimum absolute atomic E-state index is 0.0111. The second-order valence-corrected chi connectivity index (χ2v) is 11.2. The molecule has 1 N–H and O–H groups in total. The van der Waals surface area contributed by atoms with E-state index in [0.29, 0.717) is 25.9 Å². The lowest BCUT2D eigenvalue weighted by Crippen LogP contribution is -2.75. The number of piperazine rings is 1. The fourth-order valence-corrected chi connectivity index (χ4v) is 6.27. The van der Waals surface area contributed by atoms with Gasteiger partial charge in [-0.05, 0) is 35.2 Å². The van der Waals surface area contributed by atoms with E-state index in [2.05, 4.69) is 16.8 Å². The molecule has 3 amide bonds. The number of hydrogen-bond donors (Lipinski definition) is 1. The van der Waals surface area contributed by atoms with Gasteiger partial charge < -0.3 is 14.5 Å². The van der Waals surface area contributed by atoms with E-state index in [-0.39, 0.29) is 37.2 Å². The first-order valence-corrected chi connectivity index (χ1v) is 14.8. The number of aromatic amines is 1. The lowest BCUT2D eigenvalue weighted by atomic mass is 9.98. The van der Waals surface area contributed by atoms with E-state index in [1.54, 1.807) is 39.2 Å². The molecule has 0 radical (unpaired) electrons.